The van der Waals surface area contributed by atoms with Crippen LogP contribution >= 0.6 is 0 Å². The molecule has 1 rings (SSSR count). The first kappa shape index (κ1) is 11.0. The average Bonchev–Trinajstić information content (AvgIpc) is 2.07. The highest BCUT2D eigenvalue weighted by Crippen LogP contribution is 2.25. The molecule has 0 bridgehead atoms. The normalized spacial score (nSPS) is 19.8. The summed E-state index contributed by atoms with van der Waals surface area (Å²) in [6.45, 7) is 4.82. The number of rotatable bonds is 7. The summed E-state index contributed by atoms with van der Waals surface area (Å²) in [5.74, 6) is 1.62. The van der Waals surface area contributed by atoms with Gasteiger partial charge in [0.25, 0.3) is 0 Å². The molecule has 0 aromatic rings. The predicted molar refractivity (Wildman–Crippen MR) is 55.7 cm³/mol. The van der Waals surface area contributed by atoms with Crippen LogP contribution in [-0.2, 0) is 0 Å². The van der Waals surface area contributed by atoms with Crippen LogP contribution in [0.25, 0.3) is 0 Å². The van der Waals surface area contributed by atoms with Gasteiger partial charge in [-0.05, 0) is 44.2 Å². The summed E-state index contributed by atoms with van der Waals surface area (Å²) >= 11 is 0. The molecule has 1 saturated carbocycles. The molecule has 0 amide bonds. The van der Waals surface area contributed by atoms with Crippen LogP contribution < -0.4 is 5.32 Å². The van der Waals surface area contributed by atoms with Crippen molar-refractivity contribution in [2.75, 3.05) is 19.7 Å². The molecule has 0 aliphatic heterocycles. The largest absolute Gasteiger partial charge is 0.396 e. The summed E-state index contributed by atoms with van der Waals surface area (Å²) in [6, 6.07) is 0. The maximum absolute atomic E-state index is 8.81. The molecule has 78 valence electrons. The van der Waals surface area contributed by atoms with Gasteiger partial charge in [0.2, 0.25) is 0 Å². The van der Waals surface area contributed by atoms with Crippen LogP contribution in [0.4, 0.5) is 0 Å². The van der Waals surface area contributed by atoms with Crippen molar-refractivity contribution >= 4 is 0 Å². The van der Waals surface area contributed by atoms with Crippen LogP contribution in [0.3, 0.4) is 0 Å². The molecule has 0 spiro atoms. The second kappa shape index (κ2) is 6.39. The molecule has 0 radical (unpaired) electrons. The van der Waals surface area contributed by atoms with E-state index in [1.165, 1.54) is 32.2 Å². The Balaban J connectivity index is 1.94. The van der Waals surface area contributed by atoms with Gasteiger partial charge in [0.1, 0.15) is 0 Å². The highest BCUT2D eigenvalue weighted by atomic mass is 16.3. The molecule has 2 heteroatoms. The minimum Gasteiger partial charge on any atom is -0.396 e. The number of hydrogen-bond acceptors (Lipinski definition) is 2. The predicted octanol–water partition coefficient (Wildman–Crippen LogP) is 1.78. The number of nitrogens with one attached hydrogen (secondary N) is 1. The van der Waals surface area contributed by atoms with E-state index >= 15 is 0 Å². The minimum absolute atomic E-state index is 0.337. The SMILES string of the molecule is CCC(CCO)CNCC1CCC1. The van der Waals surface area contributed by atoms with E-state index in [9.17, 15) is 0 Å². The third-order valence-electron chi connectivity index (χ3n) is 3.21. The summed E-state index contributed by atoms with van der Waals surface area (Å²) in [5.41, 5.74) is 0. The van der Waals surface area contributed by atoms with Gasteiger partial charge in [-0.3, -0.25) is 0 Å². The molecule has 0 aromatic carbocycles. The maximum atomic E-state index is 8.81. The first-order chi connectivity index (χ1) is 6.36. The average molecular weight is 185 g/mol. The Bertz CT molecular complexity index is 123. The van der Waals surface area contributed by atoms with Crippen molar-refractivity contribution in [2.45, 2.75) is 39.0 Å². The molecule has 0 heterocycles. The summed E-state index contributed by atoms with van der Waals surface area (Å²) in [6.07, 6.45) is 6.40. The van der Waals surface area contributed by atoms with Crippen molar-refractivity contribution < 1.29 is 5.11 Å². The summed E-state index contributed by atoms with van der Waals surface area (Å²) < 4.78 is 0. The first-order valence-electron chi connectivity index (χ1n) is 5.68. The van der Waals surface area contributed by atoms with Crippen LogP contribution in [0.5, 0.6) is 0 Å². The lowest BCUT2D eigenvalue weighted by Gasteiger charge is -2.26. The molecule has 1 unspecified atom stereocenters. The fraction of sp³-hybridized carbons (Fsp3) is 1.00. The number of aliphatic hydroxyl groups excluding tert-OH is 1. The van der Waals surface area contributed by atoms with Gasteiger partial charge in [0, 0.05) is 6.61 Å². The summed E-state index contributed by atoms with van der Waals surface area (Å²) in [7, 11) is 0. The van der Waals surface area contributed by atoms with Gasteiger partial charge in [-0.2, -0.15) is 0 Å². The number of aliphatic hydroxyl groups is 1. The van der Waals surface area contributed by atoms with E-state index in [1.807, 2.05) is 0 Å². The zero-order valence-corrected chi connectivity index (χ0v) is 8.76. The van der Waals surface area contributed by atoms with Gasteiger partial charge in [-0.1, -0.05) is 19.8 Å². The molecule has 1 aliphatic rings. The Morgan fingerprint density at radius 2 is 2.23 bits per heavy atom. The Labute approximate surface area is 81.7 Å². The third kappa shape index (κ3) is 4.10. The molecule has 1 fully saturated rings. The second-order valence-corrected chi connectivity index (χ2v) is 4.24. The topological polar surface area (TPSA) is 32.3 Å². The molecular weight excluding hydrogens is 162 g/mol. The van der Waals surface area contributed by atoms with Crippen LogP contribution in [-0.4, -0.2) is 24.8 Å². The first-order valence-corrected chi connectivity index (χ1v) is 5.68. The van der Waals surface area contributed by atoms with Crippen molar-refractivity contribution in [1.29, 1.82) is 0 Å². The lowest BCUT2D eigenvalue weighted by atomic mass is 9.85. The molecule has 1 aliphatic carbocycles. The van der Waals surface area contributed by atoms with Crippen LogP contribution in [0.2, 0.25) is 0 Å². The van der Waals surface area contributed by atoms with E-state index in [0.29, 0.717) is 12.5 Å². The van der Waals surface area contributed by atoms with E-state index in [-0.39, 0.29) is 0 Å². The van der Waals surface area contributed by atoms with Crippen molar-refractivity contribution in [3.63, 3.8) is 0 Å². The summed E-state index contributed by atoms with van der Waals surface area (Å²) in [5, 5.41) is 12.3. The zero-order chi connectivity index (χ0) is 9.52. The molecule has 2 nitrogen and oxygen atoms in total. The van der Waals surface area contributed by atoms with Gasteiger partial charge in [-0.15, -0.1) is 0 Å². The fourth-order valence-corrected chi connectivity index (χ4v) is 1.82. The van der Waals surface area contributed by atoms with Crippen molar-refractivity contribution in [2.24, 2.45) is 11.8 Å². The van der Waals surface area contributed by atoms with Crippen LogP contribution in [0.1, 0.15) is 39.0 Å². The lowest BCUT2D eigenvalue weighted by Crippen LogP contribution is -2.31. The second-order valence-electron chi connectivity index (χ2n) is 4.24. The monoisotopic (exact) mass is 185 g/mol. The Morgan fingerprint density at radius 3 is 2.69 bits per heavy atom. The van der Waals surface area contributed by atoms with Crippen molar-refractivity contribution in [3.8, 4) is 0 Å². The molecule has 0 saturated heterocycles. The van der Waals surface area contributed by atoms with Gasteiger partial charge in [0.15, 0.2) is 0 Å². The molecular formula is C11H23NO. The van der Waals surface area contributed by atoms with E-state index in [1.54, 1.807) is 0 Å². The standard InChI is InChI=1S/C11H23NO/c1-2-10(6-7-13)8-12-9-11-4-3-5-11/h10-13H,2-9H2,1H3. The number of hydrogen-bond donors (Lipinski definition) is 2. The maximum Gasteiger partial charge on any atom is 0.0434 e. The molecule has 2 N–H and O–H groups in total. The van der Waals surface area contributed by atoms with Crippen LogP contribution in [0.15, 0.2) is 0 Å². The van der Waals surface area contributed by atoms with Gasteiger partial charge in [-0.25, -0.2) is 0 Å². The minimum atomic E-state index is 0.337. The van der Waals surface area contributed by atoms with E-state index in [2.05, 4.69) is 12.2 Å². The zero-order valence-electron chi connectivity index (χ0n) is 8.76. The molecule has 0 aromatic heterocycles. The van der Waals surface area contributed by atoms with E-state index in [4.69, 9.17) is 5.11 Å². The molecule has 13 heavy (non-hydrogen) atoms. The van der Waals surface area contributed by atoms with E-state index in [0.717, 1.165) is 18.9 Å². The lowest BCUT2D eigenvalue weighted by molar-refractivity contribution is 0.243. The highest BCUT2D eigenvalue weighted by Gasteiger charge is 2.16. The van der Waals surface area contributed by atoms with Gasteiger partial charge < -0.3 is 10.4 Å². The Morgan fingerprint density at radius 1 is 1.46 bits per heavy atom. The quantitative estimate of drug-likeness (QED) is 0.634. The van der Waals surface area contributed by atoms with Gasteiger partial charge >= 0.3 is 0 Å². The fourth-order valence-electron chi connectivity index (χ4n) is 1.82. The van der Waals surface area contributed by atoms with Crippen molar-refractivity contribution in [3.05, 3.63) is 0 Å². The summed E-state index contributed by atoms with van der Waals surface area (Å²) in [4.78, 5) is 0. The van der Waals surface area contributed by atoms with Gasteiger partial charge in [0.05, 0.1) is 0 Å². The Kier molecular flexibility index (Phi) is 5.40. The van der Waals surface area contributed by atoms with Crippen LogP contribution in [0, 0.1) is 11.8 Å². The van der Waals surface area contributed by atoms with E-state index < -0.39 is 0 Å². The smallest absolute Gasteiger partial charge is 0.0434 e. The van der Waals surface area contributed by atoms with Crippen molar-refractivity contribution in [1.82, 2.24) is 5.32 Å². The molecule has 1 atom stereocenters. The highest BCUT2D eigenvalue weighted by molar-refractivity contribution is 4.72. The Hall–Kier alpha value is -0.0800. The third-order valence-corrected chi connectivity index (χ3v) is 3.21.